The van der Waals surface area contributed by atoms with E-state index in [1.807, 2.05) is 0 Å². The second-order valence-electron chi connectivity index (χ2n) is 3.06. The molecule has 2 atom stereocenters. The molecule has 0 saturated carbocycles. The first-order valence-electron chi connectivity index (χ1n) is 4.29. The summed E-state index contributed by atoms with van der Waals surface area (Å²) in [5.41, 5.74) is 0. The van der Waals surface area contributed by atoms with E-state index in [2.05, 4.69) is 5.09 Å². The third-order valence-electron chi connectivity index (χ3n) is 1.82. The van der Waals surface area contributed by atoms with E-state index in [-0.39, 0.29) is 0 Å². The summed E-state index contributed by atoms with van der Waals surface area (Å²) in [7, 11) is 0. The van der Waals surface area contributed by atoms with Crippen molar-refractivity contribution in [2.45, 2.75) is 13.0 Å². The van der Waals surface area contributed by atoms with E-state index in [4.69, 9.17) is 16.3 Å². The molecule has 1 aromatic rings. The van der Waals surface area contributed by atoms with Crippen molar-refractivity contribution in [1.82, 2.24) is 5.09 Å². The normalized spacial score (nSPS) is 16.7. The van der Waals surface area contributed by atoms with E-state index in [0.717, 1.165) is 0 Å². The zero-order valence-corrected chi connectivity index (χ0v) is 9.70. The Morgan fingerprint density at radius 3 is 2.47 bits per heavy atom. The maximum atomic E-state index is 11.9. The molecule has 1 rings (SSSR count). The van der Waals surface area contributed by atoms with Crippen LogP contribution in [0.5, 0.6) is 0 Å². The van der Waals surface area contributed by atoms with Crippen molar-refractivity contribution < 1.29 is 14.5 Å². The number of nitrogens with one attached hydrogen (secondary N) is 1. The van der Waals surface area contributed by atoms with Crippen molar-refractivity contribution in [2.75, 3.05) is 0 Å². The Hall–Kier alpha value is -0.830. The minimum atomic E-state index is -3.31. The van der Waals surface area contributed by atoms with Gasteiger partial charge in [-0.2, -0.15) is 0 Å². The van der Waals surface area contributed by atoms with E-state index in [0.29, 0.717) is 5.30 Å². The second kappa shape index (κ2) is 4.79. The van der Waals surface area contributed by atoms with Gasteiger partial charge in [0.15, 0.2) is 0 Å². The molecule has 0 bridgehead atoms. The molecule has 0 fully saturated rings. The molecule has 2 N–H and O–H groups in total. The third-order valence-corrected chi connectivity index (χ3v) is 4.38. The summed E-state index contributed by atoms with van der Waals surface area (Å²) in [5.74, 6) is -1.09. The highest BCUT2D eigenvalue weighted by Crippen LogP contribution is 2.45. The quantitative estimate of drug-likeness (QED) is 0.797. The Balaban J connectivity index is 2.85. The lowest BCUT2D eigenvalue weighted by Gasteiger charge is -2.15. The van der Waals surface area contributed by atoms with Gasteiger partial charge in [0.05, 0.1) is 0 Å². The number of hydrogen-bond donors (Lipinski definition) is 2. The number of carboxylic acid groups (broad SMARTS) is 1. The molecule has 15 heavy (non-hydrogen) atoms. The van der Waals surface area contributed by atoms with Crippen LogP contribution in [-0.4, -0.2) is 17.1 Å². The molecule has 0 heterocycles. The third kappa shape index (κ3) is 3.34. The minimum absolute atomic E-state index is 0.403. The highest BCUT2D eigenvalue weighted by molar-refractivity contribution is 7.93. The van der Waals surface area contributed by atoms with Gasteiger partial charge in [0.2, 0.25) is 0 Å². The summed E-state index contributed by atoms with van der Waals surface area (Å²) >= 11 is 5.78. The first-order valence-corrected chi connectivity index (χ1v) is 6.90. The Kier molecular flexibility index (Phi) is 3.91. The average molecular weight is 248 g/mol. The molecule has 1 aromatic carbocycles. The summed E-state index contributed by atoms with van der Waals surface area (Å²) in [6.45, 7) is -1.92. The van der Waals surface area contributed by atoms with Crippen LogP contribution in [0.25, 0.3) is 0 Å². The lowest BCUT2D eigenvalue weighted by molar-refractivity contribution is -0.138. The van der Waals surface area contributed by atoms with E-state index in [1.165, 1.54) is 6.92 Å². The molecule has 0 amide bonds. The first-order chi connectivity index (χ1) is 6.93. The molecule has 0 spiro atoms. The number of carbonyl (C=O) groups is 1. The van der Waals surface area contributed by atoms with Crippen LogP contribution in [0.3, 0.4) is 0 Å². The Morgan fingerprint density at radius 1 is 1.47 bits per heavy atom. The largest absolute Gasteiger partial charge is 0.480 e. The van der Waals surface area contributed by atoms with Gasteiger partial charge in [-0.15, -0.1) is 0 Å². The summed E-state index contributed by atoms with van der Waals surface area (Å²) in [4.78, 5) is 10.6. The first kappa shape index (κ1) is 12.2. The van der Waals surface area contributed by atoms with Crippen LogP contribution < -0.4 is 10.4 Å². The van der Waals surface area contributed by atoms with Crippen LogP contribution in [0.1, 0.15) is 6.92 Å². The van der Waals surface area contributed by atoms with E-state index >= 15 is 0 Å². The Morgan fingerprint density at radius 2 is 2.00 bits per heavy atom. The molecular weight excluding hydrogens is 237 g/mol. The smallest absolute Gasteiger partial charge is 0.320 e. The van der Waals surface area contributed by atoms with Crippen molar-refractivity contribution in [2.24, 2.45) is 0 Å². The molecule has 0 aliphatic heterocycles. The second-order valence-corrected chi connectivity index (χ2v) is 6.32. The molecular formula is C9H11ClNO3P. The fourth-order valence-electron chi connectivity index (χ4n) is 0.999. The van der Waals surface area contributed by atoms with Gasteiger partial charge < -0.3 is 5.11 Å². The van der Waals surface area contributed by atoms with Gasteiger partial charge >= 0.3 is 5.97 Å². The molecule has 1 unspecified atom stereocenters. The predicted molar refractivity (Wildman–Crippen MR) is 59.8 cm³/mol. The van der Waals surface area contributed by atoms with Crippen molar-refractivity contribution in [1.29, 1.82) is 0 Å². The van der Waals surface area contributed by atoms with Crippen molar-refractivity contribution in [3.63, 3.8) is 0 Å². The number of rotatable bonds is 4. The van der Waals surface area contributed by atoms with Gasteiger partial charge in [0.1, 0.15) is 6.04 Å². The lowest BCUT2D eigenvalue weighted by atomic mass is 10.4. The van der Waals surface area contributed by atoms with Crippen LogP contribution in [0, 0.1) is 0 Å². The molecule has 82 valence electrons. The van der Waals surface area contributed by atoms with E-state index in [1.54, 1.807) is 30.3 Å². The van der Waals surface area contributed by atoms with Gasteiger partial charge in [0.25, 0.3) is 6.65 Å². The van der Waals surface area contributed by atoms with Gasteiger partial charge in [-0.25, -0.2) is 5.09 Å². The zero-order chi connectivity index (χ0) is 11.5. The van der Waals surface area contributed by atoms with Crippen molar-refractivity contribution in [3.8, 4) is 0 Å². The molecule has 0 radical (unpaired) electrons. The van der Waals surface area contributed by atoms with Crippen LogP contribution in [0.4, 0.5) is 0 Å². The van der Waals surface area contributed by atoms with Gasteiger partial charge in [-0.1, -0.05) is 18.2 Å². The molecule has 0 aromatic heterocycles. The standard InChI is InChI=1S/C9H11ClNO3P/c1-7(9(12)13)11-15(10,14)8-5-3-2-4-6-8/h2-7H,1H3,(H,11,14)(H,12,13)/t7-,15?/m0/s1. The van der Waals surface area contributed by atoms with E-state index in [9.17, 15) is 9.36 Å². The summed E-state index contributed by atoms with van der Waals surface area (Å²) < 4.78 is 11.9. The molecule has 0 aliphatic rings. The topological polar surface area (TPSA) is 66.4 Å². The summed E-state index contributed by atoms with van der Waals surface area (Å²) in [5, 5.41) is 11.4. The number of hydrogen-bond acceptors (Lipinski definition) is 2. The number of aliphatic carboxylic acids is 1. The van der Waals surface area contributed by atoms with Crippen molar-refractivity contribution in [3.05, 3.63) is 30.3 Å². The van der Waals surface area contributed by atoms with Crippen LogP contribution in [0.15, 0.2) is 30.3 Å². The van der Waals surface area contributed by atoms with Crippen LogP contribution in [-0.2, 0) is 9.36 Å². The summed E-state index contributed by atoms with van der Waals surface area (Å²) in [6.07, 6.45) is 0. The summed E-state index contributed by atoms with van der Waals surface area (Å²) in [6, 6.07) is 7.38. The lowest BCUT2D eigenvalue weighted by Crippen LogP contribution is -2.32. The van der Waals surface area contributed by atoms with Gasteiger partial charge in [0, 0.05) is 5.30 Å². The van der Waals surface area contributed by atoms with Crippen molar-refractivity contribution >= 4 is 29.2 Å². The number of benzene rings is 1. The van der Waals surface area contributed by atoms with Crippen LogP contribution >= 0.6 is 17.9 Å². The Bertz CT molecular complexity index is 396. The maximum absolute atomic E-state index is 11.9. The molecule has 0 aliphatic carbocycles. The van der Waals surface area contributed by atoms with E-state index < -0.39 is 18.7 Å². The molecule has 0 saturated heterocycles. The van der Waals surface area contributed by atoms with Gasteiger partial charge in [-0.05, 0) is 30.3 Å². The average Bonchev–Trinajstić information content (AvgIpc) is 2.18. The fourth-order valence-corrected chi connectivity index (χ4v) is 3.09. The highest BCUT2D eigenvalue weighted by atomic mass is 35.7. The van der Waals surface area contributed by atoms with Crippen LogP contribution in [0.2, 0.25) is 0 Å². The number of carboxylic acids is 1. The van der Waals surface area contributed by atoms with Gasteiger partial charge in [-0.3, -0.25) is 9.36 Å². The fraction of sp³-hybridized carbons (Fsp3) is 0.222. The number of halogens is 1. The predicted octanol–water partition coefficient (Wildman–Crippen LogP) is 1.81. The molecule has 4 nitrogen and oxygen atoms in total. The minimum Gasteiger partial charge on any atom is -0.480 e. The maximum Gasteiger partial charge on any atom is 0.320 e. The SMILES string of the molecule is C[C@H](NP(=O)(Cl)c1ccccc1)C(=O)O. The monoisotopic (exact) mass is 247 g/mol. The zero-order valence-electron chi connectivity index (χ0n) is 8.05. The Labute approximate surface area is 92.5 Å². The highest BCUT2D eigenvalue weighted by Gasteiger charge is 2.26. The molecule has 6 heteroatoms.